The van der Waals surface area contributed by atoms with E-state index in [9.17, 15) is 14.4 Å². The summed E-state index contributed by atoms with van der Waals surface area (Å²) >= 11 is 0. The lowest BCUT2D eigenvalue weighted by Gasteiger charge is -2.30. The summed E-state index contributed by atoms with van der Waals surface area (Å²) in [5, 5.41) is 0. The predicted molar refractivity (Wildman–Crippen MR) is 231 cm³/mol. The lowest BCUT2D eigenvalue weighted by atomic mass is 10.4. The van der Waals surface area contributed by atoms with Crippen LogP contribution in [0.5, 0.6) is 0 Å². The van der Waals surface area contributed by atoms with E-state index in [1.54, 1.807) is 0 Å². The van der Waals surface area contributed by atoms with Gasteiger partial charge >= 0.3 is 43.5 Å². The van der Waals surface area contributed by atoms with Gasteiger partial charge in [-0.15, -0.1) is 0 Å². The van der Waals surface area contributed by atoms with Gasteiger partial charge in [-0.05, 0) is 77.0 Å². The van der Waals surface area contributed by atoms with Crippen LogP contribution >= 0.6 is 0 Å². The third-order valence-electron chi connectivity index (χ3n) is 8.71. The van der Waals surface area contributed by atoms with Crippen LogP contribution in [0.15, 0.2) is 14.4 Å². The van der Waals surface area contributed by atoms with Crippen LogP contribution in [0, 0.1) is 0 Å². The second-order valence-electron chi connectivity index (χ2n) is 14.3. The van der Waals surface area contributed by atoms with Crippen molar-refractivity contribution >= 4 is 26.4 Å². The molecule has 0 bridgehead atoms. The number of aromatic nitrogens is 3. The van der Waals surface area contributed by atoms with Crippen molar-refractivity contribution in [3.8, 4) is 0 Å². The molecule has 57 heavy (non-hydrogen) atoms. The van der Waals surface area contributed by atoms with Gasteiger partial charge in [-0.25, -0.2) is 28.1 Å². The third kappa shape index (κ3) is 19.3. The van der Waals surface area contributed by atoms with E-state index >= 15 is 0 Å². The van der Waals surface area contributed by atoms with Crippen LogP contribution in [-0.2, 0) is 59.5 Å². The monoisotopic (exact) mass is 868 g/mol. The van der Waals surface area contributed by atoms with Gasteiger partial charge in [-0.3, -0.25) is 0 Å². The van der Waals surface area contributed by atoms with E-state index in [0.717, 1.165) is 57.8 Å². The van der Waals surface area contributed by atoms with Gasteiger partial charge in [0, 0.05) is 97.2 Å². The summed E-state index contributed by atoms with van der Waals surface area (Å²) in [5.41, 5.74) is -1.94. The van der Waals surface area contributed by atoms with Crippen molar-refractivity contribution in [1.82, 2.24) is 13.7 Å². The van der Waals surface area contributed by atoms with Crippen molar-refractivity contribution in [2.75, 3.05) is 59.5 Å². The molecule has 0 aromatic carbocycles. The lowest BCUT2D eigenvalue weighted by molar-refractivity contribution is 0.0579. The van der Waals surface area contributed by atoms with Gasteiger partial charge in [0.2, 0.25) is 0 Å². The zero-order valence-corrected chi connectivity index (χ0v) is 40.3. The molecule has 0 aliphatic rings. The SMILES string of the molecule is CCCO[Si](CCCn1c(=O)n(CCC[Si](OCCC)(OCCC)OCCC)c(=O)n(CCC[Si](OCCC)(OCCC)OCCC)c1=O)(OCCC)OCCC. The van der Waals surface area contributed by atoms with Gasteiger partial charge in [0.15, 0.2) is 0 Å². The fourth-order valence-electron chi connectivity index (χ4n) is 5.96. The minimum absolute atomic E-state index is 0.0716. The number of hydrogen-bond donors (Lipinski definition) is 0. The third-order valence-corrected chi connectivity index (χ3v) is 17.4. The van der Waals surface area contributed by atoms with Crippen molar-refractivity contribution in [2.45, 2.75) is 177 Å². The fraction of sp³-hybridized carbons (Fsp3) is 0.923. The maximum atomic E-state index is 14.2. The summed E-state index contributed by atoms with van der Waals surface area (Å²) in [5.74, 6) is 0. The van der Waals surface area contributed by atoms with Gasteiger partial charge in [0.25, 0.3) is 0 Å². The van der Waals surface area contributed by atoms with Crippen LogP contribution in [-0.4, -0.2) is 99.6 Å². The van der Waals surface area contributed by atoms with Gasteiger partial charge in [-0.2, -0.15) is 0 Å². The molecule has 18 heteroatoms. The van der Waals surface area contributed by atoms with Crippen LogP contribution < -0.4 is 17.1 Å². The molecule has 0 saturated heterocycles. The zero-order chi connectivity index (χ0) is 42.4. The van der Waals surface area contributed by atoms with Crippen LogP contribution in [0.3, 0.4) is 0 Å². The zero-order valence-electron chi connectivity index (χ0n) is 37.3. The predicted octanol–water partition coefficient (Wildman–Crippen LogP) is 7.00. The maximum absolute atomic E-state index is 14.2. The van der Waals surface area contributed by atoms with Gasteiger partial charge in [0.05, 0.1) is 0 Å². The van der Waals surface area contributed by atoms with Crippen molar-refractivity contribution in [3.05, 3.63) is 31.5 Å². The quantitative estimate of drug-likeness (QED) is 0.0628. The van der Waals surface area contributed by atoms with E-state index < -0.39 is 43.5 Å². The van der Waals surface area contributed by atoms with E-state index in [1.807, 2.05) is 62.3 Å². The topological polar surface area (TPSA) is 149 Å². The lowest BCUT2D eigenvalue weighted by Crippen LogP contribution is -2.55. The molecule has 1 aromatic rings. The van der Waals surface area contributed by atoms with E-state index in [2.05, 4.69) is 0 Å². The second kappa shape index (κ2) is 31.6. The molecule has 0 spiro atoms. The van der Waals surface area contributed by atoms with Gasteiger partial charge in [0.1, 0.15) is 0 Å². The average molecular weight is 868 g/mol. The van der Waals surface area contributed by atoms with Crippen LogP contribution in [0.2, 0.25) is 18.1 Å². The number of nitrogens with zero attached hydrogens (tertiary/aromatic N) is 3. The highest BCUT2D eigenvalue weighted by atomic mass is 28.4. The Hall–Kier alpha value is -1.30. The summed E-state index contributed by atoms with van der Waals surface area (Å²) in [4.78, 5) is 42.6. The summed E-state index contributed by atoms with van der Waals surface area (Å²) in [6.45, 7) is 22.9. The molecule has 0 atom stereocenters. The standard InChI is InChI=1S/C39H81N3O12Si3/c1-10-25-46-55(47-26-11-2,48-27-12-3)34-19-22-40-37(43)41(23-20-35-56(49-28-13-4,50-29-14-5)51-30-15-6)39(45)42(38(40)44)24-21-36-57(52-31-16-7,53-32-17-8)54-33-18-9/h10-36H2,1-9H3. The molecule has 1 heterocycles. The van der Waals surface area contributed by atoms with E-state index in [1.165, 1.54) is 13.7 Å². The van der Waals surface area contributed by atoms with Crippen molar-refractivity contribution < 1.29 is 39.8 Å². The molecule has 1 aromatic heterocycles. The van der Waals surface area contributed by atoms with Crippen molar-refractivity contribution in [3.63, 3.8) is 0 Å². The number of hydrogen-bond acceptors (Lipinski definition) is 12. The first-order valence-electron chi connectivity index (χ1n) is 22.3. The molecule has 0 amide bonds. The minimum Gasteiger partial charge on any atom is -0.373 e. The van der Waals surface area contributed by atoms with Gasteiger partial charge < -0.3 is 39.8 Å². The van der Waals surface area contributed by atoms with Crippen molar-refractivity contribution in [1.29, 1.82) is 0 Å². The van der Waals surface area contributed by atoms with Crippen LogP contribution in [0.25, 0.3) is 0 Å². The first kappa shape index (κ1) is 53.7. The highest BCUT2D eigenvalue weighted by Crippen LogP contribution is 2.22. The molecular weight excluding hydrogens is 787 g/mol. The molecule has 336 valence electrons. The molecule has 1 rings (SSSR count). The Morgan fingerprint density at radius 3 is 0.614 bits per heavy atom. The number of rotatable bonds is 39. The molecule has 0 N–H and O–H groups in total. The second-order valence-corrected chi connectivity index (χ2v) is 22.5. The first-order valence-corrected chi connectivity index (χ1v) is 28.1. The largest absolute Gasteiger partial charge is 0.501 e. The Bertz CT molecular complexity index is 1090. The summed E-state index contributed by atoms with van der Waals surface area (Å²) in [6.07, 6.45) is 8.39. The van der Waals surface area contributed by atoms with Crippen LogP contribution in [0.4, 0.5) is 0 Å². The summed E-state index contributed by atoms with van der Waals surface area (Å²) < 4.78 is 60.2. The Balaban J connectivity index is 3.67. The molecule has 0 fully saturated rings. The summed E-state index contributed by atoms with van der Waals surface area (Å²) in [6, 6.07) is 1.28. The Kier molecular flexibility index (Phi) is 29.7. The summed E-state index contributed by atoms with van der Waals surface area (Å²) in [7, 11) is -9.31. The molecule has 0 aliphatic heterocycles. The highest BCUT2D eigenvalue weighted by molar-refractivity contribution is 6.61. The fourth-order valence-corrected chi connectivity index (χ4v) is 14.4. The highest BCUT2D eigenvalue weighted by Gasteiger charge is 2.43. The van der Waals surface area contributed by atoms with E-state index in [-0.39, 0.29) is 19.6 Å². The molecule has 0 aliphatic carbocycles. The first-order chi connectivity index (χ1) is 27.6. The Labute approximate surface area is 347 Å². The van der Waals surface area contributed by atoms with E-state index in [4.69, 9.17) is 39.8 Å². The Morgan fingerprint density at radius 1 is 0.316 bits per heavy atom. The average Bonchev–Trinajstić information content (AvgIpc) is 3.22. The molecule has 0 saturated carbocycles. The van der Waals surface area contributed by atoms with Crippen molar-refractivity contribution in [2.24, 2.45) is 0 Å². The van der Waals surface area contributed by atoms with E-state index in [0.29, 0.717) is 96.9 Å². The minimum atomic E-state index is -3.10. The molecule has 15 nitrogen and oxygen atoms in total. The Morgan fingerprint density at radius 2 is 0.474 bits per heavy atom. The smallest absolute Gasteiger partial charge is 0.373 e. The maximum Gasteiger partial charge on any atom is 0.501 e. The molecule has 0 radical (unpaired) electrons. The van der Waals surface area contributed by atoms with Crippen LogP contribution in [0.1, 0.15) is 139 Å². The van der Waals surface area contributed by atoms with Gasteiger partial charge in [-0.1, -0.05) is 62.3 Å². The normalized spacial score (nSPS) is 12.6. The molecule has 0 unspecified atom stereocenters. The molecular formula is C39H81N3O12Si3.